The van der Waals surface area contributed by atoms with Gasteiger partial charge >= 0.3 is 0 Å². The van der Waals surface area contributed by atoms with E-state index in [0.717, 1.165) is 0 Å². The van der Waals surface area contributed by atoms with Gasteiger partial charge in [0.2, 0.25) is 5.91 Å². The molecule has 2 aromatic rings. The number of para-hydroxylation sites is 1. The number of ether oxygens (including phenoxy) is 1. The number of hydrogen-bond donors (Lipinski definition) is 2. The molecular formula is C15H14ClFN2O2. The van der Waals surface area contributed by atoms with E-state index in [1.54, 1.807) is 37.4 Å². The van der Waals surface area contributed by atoms with E-state index in [1.807, 2.05) is 0 Å². The van der Waals surface area contributed by atoms with Gasteiger partial charge in [0.25, 0.3) is 0 Å². The average molecular weight is 309 g/mol. The number of amides is 1. The van der Waals surface area contributed by atoms with E-state index in [9.17, 15) is 9.18 Å². The number of halogens is 2. The molecule has 6 heteroatoms. The molecule has 0 unspecified atom stereocenters. The van der Waals surface area contributed by atoms with Gasteiger partial charge in [-0.3, -0.25) is 4.79 Å². The minimum absolute atomic E-state index is 0.0993. The first-order valence-corrected chi connectivity index (χ1v) is 6.59. The van der Waals surface area contributed by atoms with Gasteiger partial charge in [-0.15, -0.1) is 0 Å². The van der Waals surface area contributed by atoms with Crippen LogP contribution >= 0.6 is 11.6 Å². The summed E-state index contributed by atoms with van der Waals surface area (Å²) in [4.78, 5) is 11.8. The second-order valence-corrected chi connectivity index (χ2v) is 4.64. The lowest BCUT2D eigenvalue weighted by Gasteiger charge is -2.10. The van der Waals surface area contributed by atoms with E-state index in [2.05, 4.69) is 10.6 Å². The van der Waals surface area contributed by atoms with Crippen molar-refractivity contribution >= 4 is 28.9 Å². The van der Waals surface area contributed by atoms with E-state index in [-0.39, 0.29) is 23.2 Å². The third-order valence-electron chi connectivity index (χ3n) is 2.74. The summed E-state index contributed by atoms with van der Waals surface area (Å²) in [5.74, 6) is -0.183. The van der Waals surface area contributed by atoms with Crippen molar-refractivity contribution < 1.29 is 13.9 Å². The summed E-state index contributed by atoms with van der Waals surface area (Å²) in [7, 11) is 1.54. The van der Waals surface area contributed by atoms with Crippen LogP contribution in [0.2, 0.25) is 5.02 Å². The first kappa shape index (κ1) is 15.1. The third kappa shape index (κ3) is 4.10. The standard InChI is InChI=1S/C15H14ClFN2O2/c1-21-11-5-2-4-10(8-11)19-14(20)9-18-15-12(16)6-3-7-13(15)17/h2-8,18H,9H2,1H3,(H,19,20). The molecule has 21 heavy (non-hydrogen) atoms. The fourth-order valence-corrected chi connectivity index (χ4v) is 1.97. The Labute approximate surface area is 126 Å². The lowest BCUT2D eigenvalue weighted by atomic mass is 10.3. The molecule has 110 valence electrons. The predicted molar refractivity (Wildman–Crippen MR) is 81.5 cm³/mol. The Morgan fingerprint density at radius 3 is 2.76 bits per heavy atom. The van der Waals surface area contributed by atoms with Crippen molar-refractivity contribution in [2.24, 2.45) is 0 Å². The van der Waals surface area contributed by atoms with Crippen molar-refractivity contribution in [2.75, 3.05) is 24.3 Å². The molecular weight excluding hydrogens is 295 g/mol. The Bertz CT molecular complexity index is 629. The molecule has 0 aliphatic heterocycles. The highest BCUT2D eigenvalue weighted by Crippen LogP contribution is 2.24. The Hall–Kier alpha value is -2.27. The van der Waals surface area contributed by atoms with Crippen LogP contribution in [0.3, 0.4) is 0 Å². The topological polar surface area (TPSA) is 50.4 Å². The molecule has 0 aliphatic rings. The second kappa shape index (κ2) is 6.95. The van der Waals surface area contributed by atoms with Crippen LogP contribution in [0.1, 0.15) is 0 Å². The average Bonchev–Trinajstić information content (AvgIpc) is 2.47. The molecule has 0 bridgehead atoms. The van der Waals surface area contributed by atoms with Crippen LogP contribution in [0.25, 0.3) is 0 Å². The molecule has 1 amide bonds. The van der Waals surface area contributed by atoms with Crippen molar-refractivity contribution in [3.05, 3.63) is 53.3 Å². The SMILES string of the molecule is COc1cccc(NC(=O)CNc2c(F)cccc2Cl)c1. The van der Waals surface area contributed by atoms with Crippen LogP contribution in [-0.2, 0) is 4.79 Å². The van der Waals surface area contributed by atoms with Crippen molar-refractivity contribution in [2.45, 2.75) is 0 Å². The Morgan fingerprint density at radius 2 is 2.05 bits per heavy atom. The quantitative estimate of drug-likeness (QED) is 0.888. The highest BCUT2D eigenvalue weighted by molar-refractivity contribution is 6.33. The maximum atomic E-state index is 13.5. The van der Waals surface area contributed by atoms with Gasteiger partial charge in [-0.1, -0.05) is 23.7 Å². The Morgan fingerprint density at radius 1 is 1.29 bits per heavy atom. The lowest BCUT2D eigenvalue weighted by Crippen LogP contribution is -2.22. The van der Waals surface area contributed by atoms with Gasteiger partial charge in [0.1, 0.15) is 11.6 Å². The highest BCUT2D eigenvalue weighted by Gasteiger charge is 2.09. The molecule has 0 aromatic heterocycles. The zero-order valence-electron chi connectivity index (χ0n) is 11.3. The van der Waals surface area contributed by atoms with Gasteiger partial charge in [0.05, 0.1) is 24.4 Å². The van der Waals surface area contributed by atoms with Crippen LogP contribution in [-0.4, -0.2) is 19.6 Å². The van der Waals surface area contributed by atoms with E-state index >= 15 is 0 Å². The predicted octanol–water partition coefficient (Wildman–Crippen LogP) is 3.54. The van der Waals surface area contributed by atoms with Gasteiger partial charge in [-0.05, 0) is 24.3 Å². The van der Waals surface area contributed by atoms with Gasteiger partial charge in [-0.2, -0.15) is 0 Å². The minimum Gasteiger partial charge on any atom is -0.497 e. The first-order valence-electron chi connectivity index (χ1n) is 6.22. The molecule has 0 radical (unpaired) electrons. The second-order valence-electron chi connectivity index (χ2n) is 4.23. The van der Waals surface area contributed by atoms with Crippen LogP contribution in [0.5, 0.6) is 5.75 Å². The largest absolute Gasteiger partial charge is 0.497 e. The molecule has 2 N–H and O–H groups in total. The number of nitrogens with one attached hydrogen (secondary N) is 2. The van der Waals surface area contributed by atoms with Crippen molar-refractivity contribution in [3.8, 4) is 5.75 Å². The Kier molecular flexibility index (Phi) is 5.00. The number of methoxy groups -OCH3 is 1. The van der Waals surface area contributed by atoms with Gasteiger partial charge < -0.3 is 15.4 Å². The van der Waals surface area contributed by atoms with Crippen LogP contribution in [0, 0.1) is 5.82 Å². The maximum absolute atomic E-state index is 13.5. The van der Waals surface area contributed by atoms with Crippen molar-refractivity contribution in [3.63, 3.8) is 0 Å². The summed E-state index contributed by atoms with van der Waals surface area (Å²) in [6.07, 6.45) is 0. The summed E-state index contributed by atoms with van der Waals surface area (Å²) >= 11 is 5.86. The van der Waals surface area contributed by atoms with Crippen LogP contribution in [0.4, 0.5) is 15.8 Å². The van der Waals surface area contributed by atoms with Gasteiger partial charge in [0.15, 0.2) is 0 Å². The molecule has 0 atom stereocenters. The van der Waals surface area contributed by atoms with E-state index in [0.29, 0.717) is 11.4 Å². The van der Waals surface area contributed by atoms with Crippen LogP contribution < -0.4 is 15.4 Å². The molecule has 0 fully saturated rings. The van der Waals surface area contributed by atoms with Crippen molar-refractivity contribution in [1.82, 2.24) is 0 Å². The van der Waals surface area contributed by atoms with E-state index in [1.165, 1.54) is 12.1 Å². The Balaban J connectivity index is 1.96. The number of anilines is 2. The van der Waals surface area contributed by atoms with Gasteiger partial charge in [-0.25, -0.2) is 4.39 Å². The summed E-state index contributed by atoms with van der Waals surface area (Å²) in [5.41, 5.74) is 0.709. The number of benzene rings is 2. The molecule has 0 heterocycles. The fraction of sp³-hybridized carbons (Fsp3) is 0.133. The molecule has 0 spiro atoms. The van der Waals surface area contributed by atoms with E-state index < -0.39 is 5.82 Å². The minimum atomic E-state index is -0.503. The fourth-order valence-electron chi connectivity index (χ4n) is 1.74. The summed E-state index contributed by atoms with van der Waals surface area (Å²) in [5, 5.41) is 5.58. The molecule has 0 aliphatic carbocycles. The molecule has 0 saturated carbocycles. The van der Waals surface area contributed by atoms with Crippen molar-refractivity contribution in [1.29, 1.82) is 0 Å². The number of rotatable bonds is 5. The summed E-state index contributed by atoms with van der Waals surface area (Å²) in [6, 6.07) is 11.3. The monoisotopic (exact) mass is 308 g/mol. The van der Waals surface area contributed by atoms with Crippen LogP contribution in [0.15, 0.2) is 42.5 Å². The summed E-state index contributed by atoms with van der Waals surface area (Å²) in [6.45, 7) is -0.0993. The smallest absolute Gasteiger partial charge is 0.243 e. The third-order valence-corrected chi connectivity index (χ3v) is 3.06. The normalized spacial score (nSPS) is 10.0. The lowest BCUT2D eigenvalue weighted by molar-refractivity contribution is -0.114. The molecule has 2 rings (SSSR count). The molecule has 0 saturated heterocycles. The van der Waals surface area contributed by atoms with Gasteiger partial charge in [0, 0.05) is 11.8 Å². The first-order chi connectivity index (χ1) is 10.1. The van der Waals surface area contributed by atoms with E-state index in [4.69, 9.17) is 16.3 Å². The maximum Gasteiger partial charge on any atom is 0.243 e. The number of hydrogen-bond acceptors (Lipinski definition) is 3. The highest BCUT2D eigenvalue weighted by atomic mass is 35.5. The number of carbonyl (C=O) groups is 1. The molecule has 2 aromatic carbocycles. The summed E-state index contributed by atoms with van der Waals surface area (Å²) < 4.78 is 18.6. The molecule has 4 nitrogen and oxygen atoms in total. The number of carbonyl (C=O) groups excluding carboxylic acids is 1. The zero-order valence-corrected chi connectivity index (χ0v) is 12.1. The zero-order chi connectivity index (χ0) is 15.2.